The summed E-state index contributed by atoms with van der Waals surface area (Å²) in [6.45, 7) is 0. The molecule has 15 heavy (non-hydrogen) atoms. The Morgan fingerprint density at radius 2 is 2.20 bits per heavy atom. The SMILES string of the molecule is O=C(O)Cc1nc(F)c(C(F)F)cc1Br. The van der Waals surface area contributed by atoms with Gasteiger partial charge in [0.15, 0.2) is 0 Å². The molecule has 0 fully saturated rings. The summed E-state index contributed by atoms with van der Waals surface area (Å²) in [6.07, 6.45) is -3.51. The first kappa shape index (κ1) is 12.0. The van der Waals surface area contributed by atoms with Crippen LogP contribution in [-0.4, -0.2) is 16.1 Å². The van der Waals surface area contributed by atoms with Gasteiger partial charge in [-0.3, -0.25) is 4.79 Å². The van der Waals surface area contributed by atoms with E-state index in [1.807, 2.05) is 0 Å². The second kappa shape index (κ2) is 4.61. The summed E-state index contributed by atoms with van der Waals surface area (Å²) in [6, 6.07) is 0.839. The molecule has 1 aromatic rings. The average molecular weight is 284 g/mol. The van der Waals surface area contributed by atoms with E-state index in [2.05, 4.69) is 20.9 Å². The van der Waals surface area contributed by atoms with E-state index in [1.54, 1.807) is 0 Å². The molecule has 1 heterocycles. The topological polar surface area (TPSA) is 50.2 Å². The lowest BCUT2D eigenvalue weighted by molar-refractivity contribution is -0.136. The van der Waals surface area contributed by atoms with Crippen molar-refractivity contribution in [3.8, 4) is 0 Å². The summed E-state index contributed by atoms with van der Waals surface area (Å²) >= 11 is 2.85. The van der Waals surface area contributed by atoms with Crippen LogP contribution in [0.2, 0.25) is 0 Å². The molecule has 0 unspecified atom stereocenters. The molecule has 1 aromatic heterocycles. The molecule has 1 N–H and O–H groups in total. The van der Waals surface area contributed by atoms with Crippen molar-refractivity contribution < 1.29 is 23.1 Å². The molecule has 1 rings (SSSR count). The smallest absolute Gasteiger partial charge is 0.309 e. The summed E-state index contributed by atoms with van der Waals surface area (Å²) in [5.74, 6) is -2.56. The molecule has 0 atom stereocenters. The molecular weight excluding hydrogens is 279 g/mol. The van der Waals surface area contributed by atoms with Gasteiger partial charge in [0.25, 0.3) is 6.43 Å². The van der Waals surface area contributed by atoms with Crippen molar-refractivity contribution in [2.45, 2.75) is 12.8 Å². The Hall–Kier alpha value is -1.11. The van der Waals surface area contributed by atoms with Gasteiger partial charge in [0.2, 0.25) is 5.95 Å². The van der Waals surface area contributed by atoms with Crippen molar-refractivity contribution in [3.63, 3.8) is 0 Å². The molecule has 0 aliphatic carbocycles. The van der Waals surface area contributed by atoms with Gasteiger partial charge in [0.1, 0.15) is 0 Å². The molecule has 7 heteroatoms. The predicted molar refractivity (Wildman–Crippen MR) is 48.2 cm³/mol. The standard InChI is InChI=1S/C8H5BrF3NO2/c9-4-1-3(7(10)11)8(12)13-5(4)2-6(14)15/h1,7H,2H2,(H,14,15). The molecule has 82 valence electrons. The normalized spacial score (nSPS) is 10.7. The van der Waals surface area contributed by atoms with E-state index in [9.17, 15) is 18.0 Å². The highest BCUT2D eigenvalue weighted by molar-refractivity contribution is 9.10. The number of aromatic nitrogens is 1. The minimum absolute atomic E-state index is 0.0570. The number of rotatable bonds is 3. The Morgan fingerprint density at radius 1 is 1.60 bits per heavy atom. The first-order valence-electron chi connectivity index (χ1n) is 3.76. The minimum atomic E-state index is -2.98. The lowest BCUT2D eigenvalue weighted by Gasteiger charge is -2.05. The number of carbonyl (C=O) groups is 1. The summed E-state index contributed by atoms with van der Waals surface area (Å²) in [5.41, 5.74) is -0.972. The Balaban J connectivity index is 3.13. The van der Waals surface area contributed by atoms with Crippen LogP contribution in [0.25, 0.3) is 0 Å². The fourth-order valence-corrected chi connectivity index (χ4v) is 1.41. The Bertz CT molecular complexity index is 398. The summed E-state index contributed by atoms with van der Waals surface area (Å²) in [4.78, 5) is 13.5. The largest absolute Gasteiger partial charge is 0.481 e. The molecule has 0 bridgehead atoms. The van der Waals surface area contributed by atoms with E-state index in [1.165, 1.54) is 0 Å². The average Bonchev–Trinajstić information content (AvgIpc) is 2.09. The first-order valence-corrected chi connectivity index (χ1v) is 4.56. The van der Waals surface area contributed by atoms with Crippen LogP contribution in [0.5, 0.6) is 0 Å². The van der Waals surface area contributed by atoms with Gasteiger partial charge in [-0.2, -0.15) is 4.39 Å². The molecule has 0 aromatic carbocycles. The van der Waals surface area contributed by atoms with Crippen molar-refractivity contribution in [1.29, 1.82) is 0 Å². The molecule has 0 amide bonds. The number of hydrogen-bond acceptors (Lipinski definition) is 2. The van der Waals surface area contributed by atoms with Crippen LogP contribution >= 0.6 is 15.9 Å². The highest BCUT2D eigenvalue weighted by atomic mass is 79.9. The van der Waals surface area contributed by atoms with Crippen molar-refractivity contribution >= 4 is 21.9 Å². The quantitative estimate of drug-likeness (QED) is 0.868. The number of carboxylic acids is 1. The van der Waals surface area contributed by atoms with E-state index in [0.717, 1.165) is 6.07 Å². The first-order chi connectivity index (χ1) is 6.91. The Morgan fingerprint density at radius 3 is 2.67 bits per heavy atom. The maximum absolute atomic E-state index is 12.9. The molecular formula is C8H5BrF3NO2. The number of alkyl halides is 2. The van der Waals surface area contributed by atoms with Gasteiger partial charge in [0.05, 0.1) is 17.7 Å². The molecule has 0 radical (unpaired) electrons. The zero-order valence-electron chi connectivity index (χ0n) is 7.18. The summed E-state index contributed by atoms with van der Waals surface area (Å²) in [7, 11) is 0. The number of carboxylic acid groups (broad SMARTS) is 1. The van der Waals surface area contributed by atoms with E-state index in [4.69, 9.17) is 5.11 Å². The summed E-state index contributed by atoms with van der Waals surface area (Å²) in [5, 5.41) is 8.43. The van der Waals surface area contributed by atoms with Crippen LogP contribution in [0.1, 0.15) is 17.7 Å². The second-order valence-electron chi connectivity index (χ2n) is 2.67. The van der Waals surface area contributed by atoms with Crippen LogP contribution in [0.15, 0.2) is 10.5 Å². The van der Waals surface area contributed by atoms with Crippen LogP contribution in [0.3, 0.4) is 0 Å². The van der Waals surface area contributed by atoms with Crippen LogP contribution < -0.4 is 0 Å². The molecule has 0 saturated carbocycles. The van der Waals surface area contributed by atoms with Gasteiger partial charge in [-0.25, -0.2) is 13.8 Å². The Labute approximate surface area is 91.1 Å². The van der Waals surface area contributed by atoms with Crippen LogP contribution in [-0.2, 0) is 11.2 Å². The van der Waals surface area contributed by atoms with Gasteiger partial charge in [0, 0.05) is 4.47 Å². The maximum atomic E-state index is 12.9. The van der Waals surface area contributed by atoms with Gasteiger partial charge in [-0.05, 0) is 22.0 Å². The fourth-order valence-electron chi connectivity index (χ4n) is 0.936. The third-order valence-corrected chi connectivity index (χ3v) is 2.27. The maximum Gasteiger partial charge on any atom is 0.309 e. The lowest BCUT2D eigenvalue weighted by Crippen LogP contribution is -2.06. The molecule has 0 aliphatic rings. The van der Waals surface area contributed by atoms with Gasteiger partial charge < -0.3 is 5.11 Å². The number of nitrogens with zero attached hydrogens (tertiary/aromatic N) is 1. The number of halogens is 4. The van der Waals surface area contributed by atoms with E-state index < -0.39 is 30.3 Å². The number of hydrogen-bond donors (Lipinski definition) is 1. The monoisotopic (exact) mass is 283 g/mol. The van der Waals surface area contributed by atoms with Crippen molar-refractivity contribution in [2.24, 2.45) is 0 Å². The third kappa shape index (κ3) is 2.92. The molecule has 0 spiro atoms. The fraction of sp³-hybridized carbons (Fsp3) is 0.250. The minimum Gasteiger partial charge on any atom is -0.481 e. The van der Waals surface area contributed by atoms with Crippen molar-refractivity contribution in [2.75, 3.05) is 0 Å². The summed E-state index contributed by atoms with van der Waals surface area (Å²) < 4.78 is 37.4. The molecule has 3 nitrogen and oxygen atoms in total. The highest BCUT2D eigenvalue weighted by Gasteiger charge is 2.18. The zero-order chi connectivity index (χ0) is 11.6. The van der Waals surface area contributed by atoms with Gasteiger partial charge >= 0.3 is 5.97 Å². The van der Waals surface area contributed by atoms with Gasteiger partial charge in [-0.15, -0.1) is 0 Å². The van der Waals surface area contributed by atoms with Crippen molar-refractivity contribution in [3.05, 3.63) is 27.7 Å². The molecule has 0 aliphatic heterocycles. The van der Waals surface area contributed by atoms with Crippen LogP contribution in [0.4, 0.5) is 13.2 Å². The lowest BCUT2D eigenvalue weighted by atomic mass is 10.2. The van der Waals surface area contributed by atoms with E-state index >= 15 is 0 Å². The number of pyridine rings is 1. The third-order valence-electron chi connectivity index (χ3n) is 1.58. The van der Waals surface area contributed by atoms with Crippen molar-refractivity contribution in [1.82, 2.24) is 4.98 Å². The molecule has 0 saturated heterocycles. The predicted octanol–water partition coefficient (Wildman–Crippen LogP) is 2.55. The Kier molecular flexibility index (Phi) is 3.67. The highest BCUT2D eigenvalue weighted by Crippen LogP contribution is 2.26. The van der Waals surface area contributed by atoms with E-state index in [0.29, 0.717) is 0 Å². The van der Waals surface area contributed by atoms with Crippen LogP contribution in [0, 0.1) is 5.95 Å². The van der Waals surface area contributed by atoms with E-state index in [-0.39, 0.29) is 10.2 Å². The zero-order valence-corrected chi connectivity index (χ0v) is 8.76. The number of aliphatic carboxylic acids is 1. The second-order valence-corrected chi connectivity index (χ2v) is 3.52. The van der Waals surface area contributed by atoms with Gasteiger partial charge in [-0.1, -0.05) is 0 Å².